The molecule has 0 bridgehead atoms. The Morgan fingerprint density at radius 3 is 2.65 bits per heavy atom. The molecule has 1 saturated heterocycles. The molecule has 1 aromatic carbocycles. The smallest absolute Gasteiger partial charge is 0.238 e. The first-order valence-corrected chi connectivity index (χ1v) is 7.25. The summed E-state index contributed by atoms with van der Waals surface area (Å²) in [5.74, 6) is -0.0444. The van der Waals surface area contributed by atoms with Crippen molar-refractivity contribution in [2.24, 2.45) is 0 Å². The molecule has 2 rings (SSSR count). The molecule has 1 aliphatic heterocycles. The van der Waals surface area contributed by atoms with E-state index in [-0.39, 0.29) is 18.1 Å². The molecule has 110 valence electrons. The molecule has 2 atom stereocenters. The number of carbonyl (C=O) groups is 1. The van der Waals surface area contributed by atoms with E-state index in [1.54, 1.807) is 0 Å². The fourth-order valence-corrected chi connectivity index (χ4v) is 2.81. The van der Waals surface area contributed by atoms with Gasteiger partial charge in [0.1, 0.15) is 0 Å². The number of nitrogens with one attached hydrogen (secondary N) is 1. The highest BCUT2D eigenvalue weighted by Crippen LogP contribution is 2.22. The van der Waals surface area contributed by atoms with E-state index in [1.165, 1.54) is 0 Å². The van der Waals surface area contributed by atoms with Crippen LogP contribution in [-0.2, 0) is 9.53 Å². The molecule has 0 spiro atoms. The van der Waals surface area contributed by atoms with Crippen LogP contribution in [0.3, 0.4) is 0 Å². The number of amides is 1. The second-order valence-electron chi connectivity index (χ2n) is 5.48. The van der Waals surface area contributed by atoms with Crippen LogP contribution in [0.15, 0.2) is 18.2 Å². The maximum Gasteiger partial charge on any atom is 0.238 e. The lowest BCUT2D eigenvalue weighted by molar-refractivity contribution is -0.121. The Morgan fingerprint density at radius 2 is 2.05 bits per heavy atom. The zero-order chi connectivity index (χ0) is 14.7. The molecule has 0 radical (unpaired) electrons. The molecule has 1 aliphatic rings. The zero-order valence-corrected chi connectivity index (χ0v) is 12.9. The summed E-state index contributed by atoms with van der Waals surface area (Å²) >= 11 is 6.11. The molecule has 5 heteroatoms. The van der Waals surface area contributed by atoms with E-state index in [2.05, 4.69) is 10.2 Å². The first kappa shape index (κ1) is 15.3. The normalized spacial score (nSPS) is 23.6. The second-order valence-corrected chi connectivity index (χ2v) is 5.89. The molecular weight excluding hydrogens is 276 g/mol. The monoisotopic (exact) mass is 296 g/mol. The molecule has 0 saturated carbocycles. The van der Waals surface area contributed by atoms with Gasteiger partial charge < -0.3 is 10.1 Å². The second kappa shape index (κ2) is 6.57. The number of benzene rings is 1. The van der Waals surface area contributed by atoms with E-state index < -0.39 is 0 Å². The third-order valence-corrected chi connectivity index (χ3v) is 3.57. The van der Waals surface area contributed by atoms with E-state index in [0.717, 1.165) is 18.7 Å². The summed E-state index contributed by atoms with van der Waals surface area (Å²) in [6, 6.07) is 5.61. The van der Waals surface area contributed by atoms with Gasteiger partial charge in [0.25, 0.3) is 0 Å². The molecule has 1 N–H and O–H groups in total. The summed E-state index contributed by atoms with van der Waals surface area (Å²) in [5, 5.41) is 3.43. The van der Waals surface area contributed by atoms with Gasteiger partial charge in [-0.25, -0.2) is 0 Å². The lowest BCUT2D eigenvalue weighted by Gasteiger charge is -2.34. The molecule has 4 nitrogen and oxygen atoms in total. The van der Waals surface area contributed by atoms with Crippen LogP contribution in [0, 0.1) is 6.92 Å². The van der Waals surface area contributed by atoms with E-state index in [9.17, 15) is 4.79 Å². The molecule has 0 aliphatic carbocycles. The summed E-state index contributed by atoms with van der Waals surface area (Å²) in [7, 11) is 0. The van der Waals surface area contributed by atoms with E-state index in [1.807, 2.05) is 39.0 Å². The lowest BCUT2D eigenvalue weighted by atomic mass is 10.2. The molecule has 1 amide bonds. The van der Waals surface area contributed by atoms with Crippen molar-refractivity contribution in [3.63, 3.8) is 0 Å². The van der Waals surface area contributed by atoms with Gasteiger partial charge in [-0.05, 0) is 38.5 Å². The summed E-state index contributed by atoms with van der Waals surface area (Å²) in [4.78, 5) is 14.2. The summed E-state index contributed by atoms with van der Waals surface area (Å²) in [6.07, 6.45) is 0.323. The number of morpholine rings is 1. The average Bonchev–Trinajstić information content (AvgIpc) is 2.31. The third kappa shape index (κ3) is 4.20. The van der Waals surface area contributed by atoms with Crippen molar-refractivity contribution in [2.45, 2.75) is 33.0 Å². The maximum atomic E-state index is 12.1. The van der Waals surface area contributed by atoms with E-state index in [0.29, 0.717) is 17.3 Å². The Morgan fingerprint density at radius 1 is 1.40 bits per heavy atom. The van der Waals surface area contributed by atoms with Crippen molar-refractivity contribution < 1.29 is 9.53 Å². The Balaban J connectivity index is 1.92. The van der Waals surface area contributed by atoms with Gasteiger partial charge in [0.05, 0.1) is 29.5 Å². The number of rotatable bonds is 3. The minimum Gasteiger partial charge on any atom is -0.373 e. The average molecular weight is 297 g/mol. The fourth-order valence-electron chi connectivity index (χ4n) is 2.53. The minimum atomic E-state index is -0.0444. The third-order valence-electron chi connectivity index (χ3n) is 3.26. The summed E-state index contributed by atoms with van der Waals surface area (Å²) in [5.41, 5.74) is 1.74. The highest BCUT2D eigenvalue weighted by molar-refractivity contribution is 6.33. The number of ether oxygens (including phenoxy) is 1. The number of aryl methyl sites for hydroxylation is 1. The highest BCUT2D eigenvalue weighted by Gasteiger charge is 2.23. The molecule has 1 fully saturated rings. The first-order valence-electron chi connectivity index (χ1n) is 6.88. The van der Waals surface area contributed by atoms with E-state index in [4.69, 9.17) is 16.3 Å². The van der Waals surface area contributed by atoms with Gasteiger partial charge >= 0.3 is 0 Å². The number of nitrogens with zero attached hydrogens (tertiary/aromatic N) is 1. The number of carbonyl (C=O) groups excluding carboxylic acids is 1. The van der Waals surface area contributed by atoms with Crippen LogP contribution in [0.2, 0.25) is 5.02 Å². The van der Waals surface area contributed by atoms with Crippen molar-refractivity contribution in [1.82, 2.24) is 4.90 Å². The summed E-state index contributed by atoms with van der Waals surface area (Å²) < 4.78 is 5.65. The Labute approximate surface area is 125 Å². The van der Waals surface area contributed by atoms with Crippen molar-refractivity contribution in [3.8, 4) is 0 Å². The van der Waals surface area contributed by atoms with Crippen LogP contribution in [0.4, 0.5) is 5.69 Å². The molecule has 0 aromatic heterocycles. The topological polar surface area (TPSA) is 41.6 Å². The van der Waals surface area contributed by atoms with Crippen LogP contribution in [0.5, 0.6) is 0 Å². The van der Waals surface area contributed by atoms with E-state index >= 15 is 0 Å². The van der Waals surface area contributed by atoms with Crippen LogP contribution in [0.25, 0.3) is 0 Å². The zero-order valence-electron chi connectivity index (χ0n) is 12.1. The fraction of sp³-hybridized carbons (Fsp3) is 0.533. The first-order chi connectivity index (χ1) is 9.44. The Kier molecular flexibility index (Phi) is 5.02. The Bertz CT molecular complexity index is 483. The molecule has 1 aromatic rings. The van der Waals surface area contributed by atoms with Crippen LogP contribution < -0.4 is 5.32 Å². The van der Waals surface area contributed by atoms with Crippen LogP contribution in [-0.4, -0.2) is 42.6 Å². The predicted molar refractivity (Wildman–Crippen MR) is 81.3 cm³/mol. The van der Waals surface area contributed by atoms with Crippen LogP contribution >= 0.6 is 11.6 Å². The molecule has 20 heavy (non-hydrogen) atoms. The minimum absolute atomic E-state index is 0.0444. The van der Waals surface area contributed by atoms with Gasteiger partial charge in [0, 0.05) is 13.1 Å². The van der Waals surface area contributed by atoms with Crippen LogP contribution in [0.1, 0.15) is 19.4 Å². The predicted octanol–water partition coefficient (Wildman–Crippen LogP) is 2.70. The van der Waals surface area contributed by atoms with Gasteiger partial charge in [-0.1, -0.05) is 17.7 Å². The lowest BCUT2D eigenvalue weighted by Crippen LogP contribution is -2.48. The van der Waals surface area contributed by atoms with Gasteiger partial charge in [-0.2, -0.15) is 0 Å². The molecule has 1 heterocycles. The number of halogens is 1. The SMILES string of the molecule is Cc1ccc(NC(=O)CN2CC(C)OC(C)C2)c(Cl)c1. The molecular formula is C15H21ClN2O2. The van der Waals surface area contributed by atoms with Crippen molar-refractivity contribution in [1.29, 1.82) is 0 Å². The maximum absolute atomic E-state index is 12.1. The van der Waals surface area contributed by atoms with Crippen molar-refractivity contribution >= 4 is 23.2 Å². The molecule has 2 unspecified atom stereocenters. The summed E-state index contributed by atoms with van der Waals surface area (Å²) in [6.45, 7) is 7.93. The van der Waals surface area contributed by atoms with Crippen molar-refractivity contribution in [2.75, 3.05) is 25.0 Å². The largest absolute Gasteiger partial charge is 0.373 e. The number of hydrogen-bond donors (Lipinski definition) is 1. The van der Waals surface area contributed by atoms with Gasteiger partial charge in [0.2, 0.25) is 5.91 Å². The van der Waals surface area contributed by atoms with Gasteiger partial charge in [0.15, 0.2) is 0 Å². The van der Waals surface area contributed by atoms with Gasteiger partial charge in [-0.15, -0.1) is 0 Å². The standard InChI is InChI=1S/C15H21ClN2O2/c1-10-4-5-14(13(16)6-10)17-15(19)9-18-7-11(2)20-12(3)8-18/h4-6,11-12H,7-9H2,1-3H3,(H,17,19). The quantitative estimate of drug-likeness (QED) is 0.932. The number of hydrogen-bond acceptors (Lipinski definition) is 3. The Hall–Kier alpha value is -1.10. The van der Waals surface area contributed by atoms with Gasteiger partial charge in [-0.3, -0.25) is 9.69 Å². The highest BCUT2D eigenvalue weighted by atomic mass is 35.5. The number of anilines is 1. The van der Waals surface area contributed by atoms with Crippen molar-refractivity contribution in [3.05, 3.63) is 28.8 Å².